The molecule has 3 nitrogen and oxygen atoms in total. The number of hydrogen-bond donors (Lipinski definition) is 0. The number of benzene rings is 1. The van der Waals surface area contributed by atoms with Gasteiger partial charge in [0.25, 0.3) is 0 Å². The van der Waals surface area contributed by atoms with Gasteiger partial charge in [0.15, 0.2) is 5.78 Å². The average Bonchev–Trinajstić information content (AvgIpc) is 2.85. The predicted octanol–water partition coefficient (Wildman–Crippen LogP) is 3.06. The van der Waals surface area contributed by atoms with Crippen molar-refractivity contribution in [2.45, 2.75) is 11.8 Å². The van der Waals surface area contributed by atoms with Crippen LogP contribution in [0.3, 0.4) is 0 Å². The van der Waals surface area contributed by atoms with E-state index in [2.05, 4.69) is 0 Å². The van der Waals surface area contributed by atoms with Crippen molar-refractivity contribution in [1.82, 2.24) is 0 Å². The summed E-state index contributed by atoms with van der Waals surface area (Å²) in [6, 6.07) is 10.7. The van der Waals surface area contributed by atoms with Crippen LogP contribution < -0.4 is 4.74 Å². The first kappa shape index (κ1) is 14.0. The summed E-state index contributed by atoms with van der Waals surface area (Å²) in [6.45, 7) is 1.94. The van der Waals surface area contributed by atoms with Crippen LogP contribution in [0, 0.1) is 6.92 Å². The van der Waals surface area contributed by atoms with Crippen molar-refractivity contribution in [2.75, 3.05) is 12.9 Å². The first-order valence-corrected chi connectivity index (χ1v) is 7.86. The fourth-order valence-corrected chi connectivity index (χ4v) is 3.54. The molecule has 0 N–H and O–H groups in total. The van der Waals surface area contributed by atoms with Crippen LogP contribution in [0.15, 0.2) is 41.3 Å². The highest BCUT2D eigenvalue weighted by molar-refractivity contribution is 7.85. The quantitative estimate of drug-likeness (QED) is 0.796. The Morgan fingerprint density at radius 1 is 1.32 bits per heavy atom. The summed E-state index contributed by atoms with van der Waals surface area (Å²) in [5.41, 5.74) is 0. The molecule has 0 aliphatic rings. The number of carbonyl (C=O) groups is 1. The summed E-state index contributed by atoms with van der Waals surface area (Å²) in [7, 11) is 0.218. The molecule has 1 aromatic heterocycles. The normalized spacial score (nSPS) is 12.1. The Bertz CT molecular complexity index is 617. The molecule has 0 bridgehead atoms. The lowest BCUT2D eigenvalue weighted by Crippen LogP contribution is -2.09. The Morgan fingerprint density at radius 2 is 2.11 bits per heavy atom. The molecular formula is C14H14O3S2. The minimum Gasteiger partial charge on any atom is -0.497 e. The van der Waals surface area contributed by atoms with E-state index in [9.17, 15) is 9.00 Å². The van der Waals surface area contributed by atoms with Gasteiger partial charge in [-0.1, -0.05) is 6.07 Å². The van der Waals surface area contributed by atoms with Crippen LogP contribution in [-0.4, -0.2) is 22.9 Å². The Balaban J connectivity index is 2.10. The van der Waals surface area contributed by atoms with Crippen LogP contribution in [0.4, 0.5) is 0 Å². The van der Waals surface area contributed by atoms with Crippen LogP contribution in [-0.2, 0) is 10.8 Å². The second-order valence-electron chi connectivity index (χ2n) is 4.00. The SMILES string of the molecule is COc1cccc(S(=O)CC(=O)c2ccc(C)s2)c1. The number of methoxy groups -OCH3 is 1. The number of aryl methyl sites for hydroxylation is 1. The molecule has 1 atom stereocenters. The lowest BCUT2D eigenvalue weighted by atomic mass is 10.3. The highest BCUT2D eigenvalue weighted by Crippen LogP contribution is 2.19. The topological polar surface area (TPSA) is 43.4 Å². The predicted molar refractivity (Wildman–Crippen MR) is 77.7 cm³/mol. The van der Waals surface area contributed by atoms with Crippen molar-refractivity contribution in [3.8, 4) is 5.75 Å². The van der Waals surface area contributed by atoms with Gasteiger partial charge in [-0.05, 0) is 37.3 Å². The minimum atomic E-state index is -1.34. The van der Waals surface area contributed by atoms with Gasteiger partial charge in [-0.25, -0.2) is 0 Å². The van der Waals surface area contributed by atoms with E-state index in [1.807, 2.05) is 13.0 Å². The molecule has 0 aliphatic carbocycles. The number of rotatable bonds is 5. The standard InChI is InChI=1S/C14H14O3S2/c1-10-6-7-14(18-10)13(15)9-19(16)12-5-3-4-11(8-12)17-2/h3-8H,9H2,1-2H3. The molecule has 0 fully saturated rings. The van der Waals surface area contributed by atoms with Crippen molar-refractivity contribution in [3.63, 3.8) is 0 Å². The van der Waals surface area contributed by atoms with Crippen LogP contribution >= 0.6 is 11.3 Å². The van der Waals surface area contributed by atoms with Crippen molar-refractivity contribution in [1.29, 1.82) is 0 Å². The number of ether oxygens (including phenoxy) is 1. The van der Waals surface area contributed by atoms with Crippen molar-refractivity contribution < 1.29 is 13.7 Å². The van der Waals surface area contributed by atoms with E-state index in [1.54, 1.807) is 37.4 Å². The molecule has 5 heteroatoms. The molecule has 0 aliphatic heterocycles. The maximum Gasteiger partial charge on any atom is 0.185 e. The number of thiophene rings is 1. The minimum absolute atomic E-state index is 0.00706. The second kappa shape index (κ2) is 6.12. The lowest BCUT2D eigenvalue weighted by molar-refractivity contribution is 0.102. The first-order valence-electron chi connectivity index (χ1n) is 5.72. The van der Waals surface area contributed by atoms with Crippen LogP contribution in [0.2, 0.25) is 0 Å². The van der Waals surface area contributed by atoms with Gasteiger partial charge in [-0.3, -0.25) is 9.00 Å². The maximum atomic E-state index is 12.1. The Hall–Kier alpha value is -1.46. The lowest BCUT2D eigenvalue weighted by Gasteiger charge is -2.03. The number of ketones is 1. The Morgan fingerprint density at radius 3 is 2.74 bits per heavy atom. The van der Waals surface area contributed by atoms with E-state index in [0.717, 1.165) is 4.88 Å². The summed E-state index contributed by atoms with van der Waals surface area (Å²) < 4.78 is 17.2. The van der Waals surface area contributed by atoms with E-state index >= 15 is 0 Å². The molecule has 0 amide bonds. The first-order chi connectivity index (χ1) is 9.10. The van der Waals surface area contributed by atoms with Gasteiger partial charge >= 0.3 is 0 Å². The van der Waals surface area contributed by atoms with E-state index in [4.69, 9.17) is 4.74 Å². The molecule has 0 spiro atoms. The molecule has 100 valence electrons. The van der Waals surface area contributed by atoms with Gasteiger partial charge in [-0.15, -0.1) is 11.3 Å². The van der Waals surface area contributed by atoms with Crippen LogP contribution in [0.5, 0.6) is 5.75 Å². The summed E-state index contributed by atoms with van der Waals surface area (Å²) >= 11 is 1.43. The smallest absolute Gasteiger partial charge is 0.185 e. The fraction of sp³-hybridized carbons (Fsp3) is 0.214. The molecule has 0 saturated carbocycles. The summed E-state index contributed by atoms with van der Waals surface area (Å²) in [5.74, 6) is 0.567. The Labute approximate surface area is 118 Å². The highest BCUT2D eigenvalue weighted by atomic mass is 32.2. The highest BCUT2D eigenvalue weighted by Gasteiger charge is 2.14. The molecule has 19 heavy (non-hydrogen) atoms. The van der Waals surface area contributed by atoms with E-state index < -0.39 is 10.8 Å². The van der Waals surface area contributed by atoms with E-state index in [1.165, 1.54) is 11.3 Å². The molecule has 0 radical (unpaired) electrons. The molecule has 1 heterocycles. The van der Waals surface area contributed by atoms with Gasteiger partial charge in [0.2, 0.25) is 0 Å². The second-order valence-corrected chi connectivity index (χ2v) is 6.74. The van der Waals surface area contributed by atoms with Crippen LogP contribution in [0.25, 0.3) is 0 Å². The van der Waals surface area contributed by atoms with Gasteiger partial charge < -0.3 is 4.74 Å². The Kier molecular flexibility index (Phi) is 4.50. The summed E-state index contributed by atoms with van der Waals surface area (Å²) in [4.78, 5) is 14.3. The molecule has 1 aromatic carbocycles. The van der Waals surface area contributed by atoms with Crippen molar-refractivity contribution in [3.05, 3.63) is 46.2 Å². The third kappa shape index (κ3) is 3.52. The molecular weight excluding hydrogens is 280 g/mol. The number of hydrogen-bond acceptors (Lipinski definition) is 4. The third-order valence-corrected chi connectivity index (χ3v) is 4.93. The fourth-order valence-electron chi connectivity index (χ4n) is 1.60. The summed E-state index contributed by atoms with van der Waals surface area (Å²) in [5, 5.41) is 0. The average molecular weight is 294 g/mol. The molecule has 1 unspecified atom stereocenters. The maximum absolute atomic E-state index is 12.1. The third-order valence-electron chi connectivity index (χ3n) is 2.58. The van der Waals surface area contributed by atoms with Crippen molar-refractivity contribution >= 4 is 27.9 Å². The van der Waals surface area contributed by atoms with Gasteiger partial charge in [0.05, 0.1) is 28.5 Å². The summed E-state index contributed by atoms with van der Waals surface area (Å²) in [6.07, 6.45) is 0. The zero-order valence-corrected chi connectivity index (χ0v) is 12.3. The number of carbonyl (C=O) groups excluding carboxylic acids is 1. The number of Topliss-reactive ketones (excluding diaryl/α,β-unsaturated/α-hetero) is 1. The zero-order valence-electron chi connectivity index (χ0n) is 10.7. The molecule has 2 rings (SSSR count). The zero-order chi connectivity index (χ0) is 13.8. The van der Waals surface area contributed by atoms with E-state index in [0.29, 0.717) is 15.5 Å². The monoisotopic (exact) mass is 294 g/mol. The molecule has 2 aromatic rings. The van der Waals surface area contributed by atoms with Gasteiger partial charge in [0.1, 0.15) is 5.75 Å². The van der Waals surface area contributed by atoms with Crippen LogP contribution in [0.1, 0.15) is 14.5 Å². The van der Waals surface area contributed by atoms with Crippen molar-refractivity contribution in [2.24, 2.45) is 0 Å². The van der Waals surface area contributed by atoms with Gasteiger partial charge in [-0.2, -0.15) is 0 Å². The van der Waals surface area contributed by atoms with E-state index in [-0.39, 0.29) is 11.5 Å². The van der Waals surface area contributed by atoms with Gasteiger partial charge in [0, 0.05) is 9.77 Å². The molecule has 0 saturated heterocycles. The largest absolute Gasteiger partial charge is 0.497 e.